The molecule has 1 N–H and O–H groups in total. The van der Waals surface area contributed by atoms with E-state index in [4.69, 9.17) is 31.2 Å². The fraction of sp³-hybridized carbons (Fsp3) is 0.333. The van der Waals surface area contributed by atoms with Crippen molar-refractivity contribution in [3.05, 3.63) is 59.3 Å². The van der Waals surface area contributed by atoms with Gasteiger partial charge < -0.3 is 24.3 Å². The average molecular weight is 457 g/mol. The predicted molar refractivity (Wildman–Crippen MR) is 127 cm³/mol. The topological polar surface area (TPSA) is 69.3 Å². The first-order valence-electron chi connectivity index (χ1n) is 10.2. The number of allylic oxidation sites excluding steroid dienone is 1. The minimum Gasteiger partial charge on any atom is -0.495 e. The quantitative estimate of drug-likeness (QED) is 0.487. The van der Waals surface area contributed by atoms with Crippen molar-refractivity contribution in [3.8, 4) is 17.2 Å². The van der Waals surface area contributed by atoms with Crippen LogP contribution in [0.3, 0.4) is 0 Å². The van der Waals surface area contributed by atoms with E-state index < -0.39 is 12.0 Å². The molecule has 0 unspecified atom stereocenters. The van der Waals surface area contributed by atoms with Gasteiger partial charge in [0.05, 0.1) is 44.7 Å². The average Bonchev–Trinajstić information content (AvgIpc) is 2.78. The number of methoxy groups -OCH3 is 3. The highest BCUT2D eigenvalue weighted by Crippen LogP contribution is 2.43. The van der Waals surface area contributed by atoms with Crippen LogP contribution in [0.2, 0.25) is 0 Å². The number of hydrogen-bond donors (Lipinski definition) is 1. The first-order chi connectivity index (χ1) is 15.3. The molecule has 1 aliphatic heterocycles. The summed E-state index contributed by atoms with van der Waals surface area (Å²) in [6, 6.07) is 12.4. The lowest BCUT2D eigenvalue weighted by Gasteiger charge is -2.38. The first kappa shape index (κ1) is 23.4. The highest BCUT2D eigenvalue weighted by molar-refractivity contribution is 7.80. The minimum absolute atomic E-state index is 0.0997. The van der Waals surface area contributed by atoms with Crippen LogP contribution in [0, 0.1) is 0 Å². The molecule has 0 saturated heterocycles. The third-order valence-corrected chi connectivity index (χ3v) is 5.41. The van der Waals surface area contributed by atoms with Crippen molar-refractivity contribution in [2.45, 2.75) is 32.9 Å². The number of esters is 1. The predicted octanol–water partition coefficient (Wildman–Crippen LogP) is 4.37. The molecule has 0 aliphatic carbocycles. The molecule has 8 heteroatoms. The summed E-state index contributed by atoms with van der Waals surface area (Å²) in [5, 5.41) is 3.72. The molecule has 0 fully saturated rings. The van der Waals surface area contributed by atoms with Gasteiger partial charge in [0.15, 0.2) is 16.6 Å². The lowest BCUT2D eigenvalue weighted by atomic mass is 9.93. The van der Waals surface area contributed by atoms with Gasteiger partial charge in [-0.05, 0) is 51.2 Å². The summed E-state index contributed by atoms with van der Waals surface area (Å²) in [6.07, 6.45) is -0.0997. The summed E-state index contributed by atoms with van der Waals surface area (Å²) in [6.45, 7) is 5.70. The molecule has 7 nitrogen and oxygen atoms in total. The maximum absolute atomic E-state index is 13.0. The number of hydrogen-bond acceptors (Lipinski definition) is 6. The van der Waals surface area contributed by atoms with Crippen LogP contribution in [-0.4, -0.2) is 38.5 Å². The monoisotopic (exact) mass is 456 g/mol. The summed E-state index contributed by atoms with van der Waals surface area (Å²) < 4.78 is 22.3. The highest BCUT2D eigenvalue weighted by atomic mass is 32.1. The van der Waals surface area contributed by atoms with Crippen molar-refractivity contribution in [2.75, 3.05) is 26.2 Å². The second-order valence-electron chi connectivity index (χ2n) is 7.43. The molecule has 0 amide bonds. The number of carbonyl (C=O) groups excluding carboxylic acids is 1. The third kappa shape index (κ3) is 4.36. The Bertz CT molecular complexity index is 1050. The van der Waals surface area contributed by atoms with E-state index in [1.807, 2.05) is 63.2 Å². The summed E-state index contributed by atoms with van der Waals surface area (Å²) >= 11 is 5.74. The van der Waals surface area contributed by atoms with Gasteiger partial charge in [0.1, 0.15) is 5.75 Å². The number of carbonyl (C=O) groups is 1. The van der Waals surface area contributed by atoms with Crippen LogP contribution >= 0.6 is 12.2 Å². The third-order valence-electron chi connectivity index (χ3n) is 5.11. The fourth-order valence-electron chi connectivity index (χ4n) is 3.74. The van der Waals surface area contributed by atoms with Crippen LogP contribution in [0.4, 0.5) is 5.69 Å². The zero-order chi connectivity index (χ0) is 23.4. The molecule has 2 aromatic rings. The van der Waals surface area contributed by atoms with Crippen LogP contribution in [0.1, 0.15) is 32.4 Å². The Balaban J connectivity index is 2.23. The number of nitrogens with one attached hydrogen (secondary N) is 1. The van der Waals surface area contributed by atoms with E-state index in [-0.39, 0.29) is 6.10 Å². The number of rotatable bonds is 7. The Morgan fingerprint density at radius 3 is 2.31 bits per heavy atom. The van der Waals surface area contributed by atoms with Crippen LogP contribution in [0.25, 0.3) is 0 Å². The van der Waals surface area contributed by atoms with E-state index >= 15 is 0 Å². The van der Waals surface area contributed by atoms with Gasteiger partial charge in [-0.25, -0.2) is 4.79 Å². The molecule has 2 aromatic carbocycles. The van der Waals surface area contributed by atoms with Crippen molar-refractivity contribution in [1.29, 1.82) is 0 Å². The molecule has 1 aliphatic rings. The molecule has 0 saturated carbocycles. The molecule has 1 atom stereocenters. The van der Waals surface area contributed by atoms with E-state index in [1.54, 1.807) is 19.1 Å². The molecule has 32 heavy (non-hydrogen) atoms. The van der Waals surface area contributed by atoms with E-state index in [1.165, 1.54) is 7.11 Å². The zero-order valence-electron chi connectivity index (χ0n) is 19.1. The Labute approximate surface area is 193 Å². The molecule has 3 rings (SSSR count). The molecule has 1 heterocycles. The maximum atomic E-state index is 13.0. The number of para-hydroxylation sites is 3. The molecule has 0 bridgehead atoms. The van der Waals surface area contributed by atoms with E-state index in [9.17, 15) is 4.79 Å². The van der Waals surface area contributed by atoms with Gasteiger partial charge in [-0.15, -0.1) is 0 Å². The number of thiocarbonyl (C=S) groups is 1. The Morgan fingerprint density at radius 2 is 1.69 bits per heavy atom. The molecular weight excluding hydrogens is 428 g/mol. The molecule has 0 aromatic heterocycles. The Kier molecular flexibility index (Phi) is 7.25. The smallest absolute Gasteiger partial charge is 0.337 e. The number of nitrogens with zero attached hydrogens (tertiary/aromatic N) is 1. The standard InChI is InChI=1S/C24H28N2O5S/c1-14(2)31-22-16(10-9-13-19(22)29-5)21-20(23(27)30-6)15(3)26(24(32)25-21)17-11-7-8-12-18(17)28-4/h7-14,21H,1-6H3,(H,25,32)/t21-/m0/s1. The summed E-state index contributed by atoms with van der Waals surface area (Å²) in [7, 11) is 4.53. The lowest BCUT2D eigenvalue weighted by molar-refractivity contribution is -0.136. The van der Waals surface area contributed by atoms with E-state index in [0.29, 0.717) is 39.3 Å². The molecule has 0 radical (unpaired) electrons. The zero-order valence-corrected chi connectivity index (χ0v) is 19.9. The highest BCUT2D eigenvalue weighted by Gasteiger charge is 2.38. The minimum atomic E-state index is -0.593. The van der Waals surface area contributed by atoms with Gasteiger partial charge in [0.2, 0.25) is 0 Å². The number of benzene rings is 2. The normalized spacial score (nSPS) is 16.0. The SMILES string of the molecule is COC(=O)C1=C(C)N(c2ccccc2OC)C(=S)N[C@H]1c1cccc(OC)c1OC(C)C. The maximum Gasteiger partial charge on any atom is 0.337 e. The van der Waals surface area contributed by atoms with Crippen molar-refractivity contribution in [2.24, 2.45) is 0 Å². The van der Waals surface area contributed by atoms with E-state index in [2.05, 4.69) is 5.32 Å². The summed E-state index contributed by atoms with van der Waals surface area (Å²) in [5.74, 6) is 1.27. The van der Waals surface area contributed by atoms with Crippen molar-refractivity contribution in [3.63, 3.8) is 0 Å². The Hall–Kier alpha value is -3.26. The number of ether oxygens (including phenoxy) is 4. The summed E-state index contributed by atoms with van der Waals surface area (Å²) in [4.78, 5) is 14.8. The molecule has 170 valence electrons. The van der Waals surface area contributed by atoms with Crippen LogP contribution in [0.5, 0.6) is 17.2 Å². The fourth-order valence-corrected chi connectivity index (χ4v) is 4.09. The van der Waals surface area contributed by atoms with Gasteiger partial charge >= 0.3 is 5.97 Å². The van der Waals surface area contributed by atoms with Crippen LogP contribution in [0.15, 0.2) is 53.7 Å². The van der Waals surface area contributed by atoms with Gasteiger partial charge in [-0.3, -0.25) is 4.90 Å². The second-order valence-corrected chi connectivity index (χ2v) is 7.81. The summed E-state index contributed by atoms with van der Waals surface area (Å²) in [5.41, 5.74) is 2.48. The van der Waals surface area contributed by atoms with Gasteiger partial charge in [0.25, 0.3) is 0 Å². The first-order valence-corrected chi connectivity index (χ1v) is 10.6. The Morgan fingerprint density at radius 1 is 1.03 bits per heavy atom. The largest absolute Gasteiger partial charge is 0.495 e. The van der Waals surface area contributed by atoms with Gasteiger partial charge in [-0.1, -0.05) is 24.3 Å². The molecule has 0 spiro atoms. The van der Waals surface area contributed by atoms with E-state index in [0.717, 1.165) is 5.56 Å². The second kappa shape index (κ2) is 9.91. The van der Waals surface area contributed by atoms with Crippen LogP contribution < -0.4 is 24.4 Å². The molecular formula is C24H28N2O5S. The van der Waals surface area contributed by atoms with Crippen molar-refractivity contribution < 1.29 is 23.7 Å². The number of anilines is 1. The van der Waals surface area contributed by atoms with Gasteiger partial charge in [-0.2, -0.15) is 0 Å². The lowest BCUT2D eigenvalue weighted by Crippen LogP contribution is -2.48. The van der Waals surface area contributed by atoms with Crippen LogP contribution in [-0.2, 0) is 9.53 Å². The van der Waals surface area contributed by atoms with Gasteiger partial charge in [0, 0.05) is 11.3 Å². The van der Waals surface area contributed by atoms with Crippen molar-refractivity contribution >= 4 is 29.0 Å². The van der Waals surface area contributed by atoms with Crippen molar-refractivity contribution in [1.82, 2.24) is 5.32 Å².